The zero-order valence-electron chi connectivity index (χ0n) is 8.94. The summed E-state index contributed by atoms with van der Waals surface area (Å²) in [6, 6.07) is 10.1. The van der Waals surface area contributed by atoms with Crippen molar-refractivity contribution in [2.45, 2.75) is 31.4 Å². The van der Waals surface area contributed by atoms with Crippen LogP contribution >= 0.6 is 12.4 Å². The van der Waals surface area contributed by atoms with Crippen LogP contribution < -0.4 is 5.32 Å². The number of aliphatic hydroxyl groups is 1. The van der Waals surface area contributed by atoms with Crippen LogP contribution in [0.25, 0.3) is 0 Å². The molecule has 0 bridgehead atoms. The van der Waals surface area contributed by atoms with Crippen molar-refractivity contribution < 1.29 is 5.11 Å². The van der Waals surface area contributed by atoms with Crippen LogP contribution in [-0.4, -0.2) is 17.7 Å². The van der Waals surface area contributed by atoms with Crippen LogP contribution in [-0.2, 0) is 5.60 Å². The maximum atomic E-state index is 10.4. The minimum absolute atomic E-state index is 0. The molecule has 0 unspecified atom stereocenters. The fourth-order valence-corrected chi connectivity index (χ4v) is 2.14. The zero-order valence-corrected chi connectivity index (χ0v) is 9.76. The standard InChI is InChI=1S/C12H17NO.ClH/c1-12(14,11-8-5-9-13-11)10-6-3-2-4-7-10;/h2-4,6-7,11,13-14H,5,8-9H2,1H3;1H/t11-,12+;/m1./s1. The molecule has 1 fully saturated rings. The first-order valence-corrected chi connectivity index (χ1v) is 5.22. The third-order valence-electron chi connectivity index (χ3n) is 3.10. The van der Waals surface area contributed by atoms with E-state index in [0.29, 0.717) is 0 Å². The van der Waals surface area contributed by atoms with Crippen LogP contribution in [0.1, 0.15) is 25.3 Å². The van der Waals surface area contributed by atoms with Crippen molar-refractivity contribution in [1.29, 1.82) is 0 Å². The first-order chi connectivity index (χ1) is 6.71. The molecule has 0 amide bonds. The van der Waals surface area contributed by atoms with E-state index in [1.54, 1.807) is 0 Å². The largest absolute Gasteiger partial charge is 0.384 e. The van der Waals surface area contributed by atoms with Crippen LogP contribution in [0, 0.1) is 0 Å². The van der Waals surface area contributed by atoms with Crippen molar-refractivity contribution in [2.24, 2.45) is 0 Å². The third kappa shape index (κ3) is 2.51. The van der Waals surface area contributed by atoms with Crippen LogP contribution in [0.3, 0.4) is 0 Å². The van der Waals surface area contributed by atoms with Gasteiger partial charge in [-0.1, -0.05) is 30.3 Å². The van der Waals surface area contributed by atoms with Gasteiger partial charge in [0, 0.05) is 6.04 Å². The van der Waals surface area contributed by atoms with Crippen molar-refractivity contribution in [3.63, 3.8) is 0 Å². The molecule has 1 aliphatic heterocycles. The van der Waals surface area contributed by atoms with E-state index in [9.17, 15) is 5.11 Å². The van der Waals surface area contributed by atoms with Crippen molar-refractivity contribution in [2.75, 3.05) is 6.54 Å². The second-order valence-electron chi connectivity index (χ2n) is 4.16. The Morgan fingerprint density at radius 3 is 2.53 bits per heavy atom. The minimum Gasteiger partial charge on any atom is -0.384 e. The smallest absolute Gasteiger partial charge is 0.102 e. The molecular weight excluding hydrogens is 210 g/mol. The predicted molar refractivity (Wildman–Crippen MR) is 64.3 cm³/mol. The predicted octanol–water partition coefficient (Wildman–Crippen LogP) is 2.07. The van der Waals surface area contributed by atoms with Crippen LogP contribution in [0.15, 0.2) is 30.3 Å². The Bertz CT molecular complexity index is 294. The molecule has 1 saturated heterocycles. The quantitative estimate of drug-likeness (QED) is 0.811. The fraction of sp³-hybridized carbons (Fsp3) is 0.500. The van der Waals surface area contributed by atoms with Gasteiger partial charge in [0.1, 0.15) is 5.60 Å². The van der Waals surface area contributed by atoms with Crippen LogP contribution in [0.5, 0.6) is 0 Å². The maximum Gasteiger partial charge on any atom is 0.102 e. The number of hydrogen-bond donors (Lipinski definition) is 2. The highest BCUT2D eigenvalue weighted by Gasteiger charge is 2.34. The number of benzene rings is 1. The molecule has 0 aliphatic carbocycles. The second-order valence-corrected chi connectivity index (χ2v) is 4.16. The summed E-state index contributed by atoms with van der Waals surface area (Å²) in [5.74, 6) is 0. The Morgan fingerprint density at radius 1 is 1.33 bits per heavy atom. The summed E-state index contributed by atoms with van der Waals surface area (Å²) in [5.41, 5.74) is 0.261. The lowest BCUT2D eigenvalue weighted by Gasteiger charge is -2.30. The summed E-state index contributed by atoms with van der Waals surface area (Å²) in [7, 11) is 0. The molecular formula is C12H18ClNO. The summed E-state index contributed by atoms with van der Waals surface area (Å²) in [6.07, 6.45) is 2.22. The number of nitrogens with one attached hydrogen (secondary N) is 1. The van der Waals surface area contributed by atoms with Gasteiger partial charge in [-0.2, -0.15) is 0 Å². The first-order valence-electron chi connectivity index (χ1n) is 5.22. The van der Waals surface area contributed by atoms with Crippen molar-refractivity contribution in [3.8, 4) is 0 Å². The van der Waals surface area contributed by atoms with Gasteiger partial charge in [-0.15, -0.1) is 12.4 Å². The lowest BCUT2D eigenvalue weighted by molar-refractivity contribution is 0.0218. The Balaban J connectivity index is 0.00000112. The van der Waals surface area contributed by atoms with Gasteiger partial charge in [0.05, 0.1) is 0 Å². The van der Waals surface area contributed by atoms with Crippen LogP contribution in [0.2, 0.25) is 0 Å². The average molecular weight is 228 g/mol. The summed E-state index contributed by atoms with van der Waals surface area (Å²) in [5, 5.41) is 13.8. The van der Waals surface area contributed by atoms with Gasteiger partial charge < -0.3 is 10.4 Å². The van der Waals surface area contributed by atoms with E-state index < -0.39 is 5.60 Å². The van der Waals surface area contributed by atoms with E-state index in [2.05, 4.69) is 5.32 Å². The van der Waals surface area contributed by atoms with E-state index in [1.165, 1.54) is 0 Å². The number of rotatable bonds is 2. The Morgan fingerprint density at radius 2 is 2.00 bits per heavy atom. The number of hydrogen-bond acceptors (Lipinski definition) is 2. The lowest BCUT2D eigenvalue weighted by atomic mass is 9.87. The Kier molecular flexibility index (Phi) is 4.14. The van der Waals surface area contributed by atoms with Gasteiger partial charge in [-0.3, -0.25) is 0 Å². The van der Waals surface area contributed by atoms with Crippen molar-refractivity contribution in [1.82, 2.24) is 5.32 Å². The van der Waals surface area contributed by atoms with E-state index in [4.69, 9.17) is 0 Å². The maximum absolute atomic E-state index is 10.4. The molecule has 0 spiro atoms. The molecule has 1 aromatic rings. The van der Waals surface area contributed by atoms with Gasteiger partial charge in [-0.05, 0) is 31.9 Å². The van der Waals surface area contributed by atoms with Gasteiger partial charge in [0.15, 0.2) is 0 Å². The minimum atomic E-state index is -0.738. The Labute approximate surface area is 97.1 Å². The van der Waals surface area contributed by atoms with E-state index in [1.807, 2.05) is 37.3 Å². The molecule has 0 aromatic heterocycles. The molecule has 2 rings (SSSR count). The van der Waals surface area contributed by atoms with Gasteiger partial charge >= 0.3 is 0 Å². The summed E-state index contributed by atoms with van der Waals surface area (Å²) >= 11 is 0. The molecule has 3 heteroatoms. The molecule has 2 nitrogen and oxygen atoms in total. The molecule has 0 saturated carbocycles. The molecule has 1 aromatic carbocycles. The Hall–Kier alpha value is -0.570. The molecule has 1 heterocycles. The second kappa shape index (κ2) is 4.97. The highest BCUT2D eigenvalue weighted by molar-refractivity contribution is 5.85. The van der Waals surface area contributed by atoms with E-state index in [-0.39, 0.29) is 18.4 Å². The van der Waals surface area contributed by atoms with E-state index in [0.717, 1.165) is 24.9 Å². The molecule has 0 radical (unpaired) electrons. The number of halogens is 1. The monoisotopic (exact) mass is 227 g/mol. The molecule has 2 N–H and O–H groups in total. The third-order valence-corrected chi connectivity index (χ3v) is 3.10. The fourth-order valence-electron chi connectivity index (χ4n) is 2.14. The lowest BCUT2D eigenvalue weighted by Crippen LogP contribution is -2.42. The summed E-state index contributed by atoms with van der Waals surface area (Å²) < 4.78 is 0. The SMILES string of the molecule is C[C@](O)(c1ccccc1)[C@H]1CCCN1.Cl. The summed E-state index contributed by atoms with van der Waals surface area (Å²) in [4.78, 5) is 0. The van der Waals surface area contributed by atoms with Crippen molar-refractivity contribution in [3.05, 3.63) is 35.9 Å². The van der Waals surface area contributed by atoms with Gasteiger partial charge in [-0.25, -0.2) is 0 Å². The molecule has 15 heavy (non-hydrogen) atoms. The average Bonchev–Trinajstić information content (AvgIpc) is 2.72. The highest BCUT2D eigenvalue weighted by atomic mass is 35.5. The highest BCUT2D eigenvalue weighted by Crippen LogP contribution is 2.28. The topological polar surface area (TPSA) is 32.3 Å². The van der Waals surface area contributed by atoms with E-state index >= 15 is 0 Å². The van der Waals surface area contributed by atoms with Gasteiger partial charge in [0.2, 0.25) is 0 Å². The summed E-state index contributed by atoms with van der Waals surface area (Å²) in [6.45, 7) is 2.92. The molecule has 1 aliphatic rings. The first kappa shape index (κ1) is 12.5. The van der Waals surface area contributed by atoms with Crippen molar-refractivity contribution >= 4 is 12.4 Å². The van der Waals surface area contributed by atoms with Gasteiger partial charge in [0.25, 0.3) is 0 Å². The van der Waals surface area contributed by atoms with Crippen LogP contribution in [0.4, 0.5) is 0 Å². The molecule has 2 atom stereocenters. The zero-order chi connectivity index (χ0) is 10.0. The normalized spacial score (nSPS) is 24.3. The molecule has 84 valence electrons.